The Kier molecular flexibility index (Phi) is 19.2. The van der Waals surface area contributed by atoms with Crippen LogP contribution >= 0.6 is 57.7 Å². The number of unbranched alkanes of at least 4 members (excludes halogenated alkanes) is 3. The van der Waals surface area contributed by atoms with Gasteiger partial charge in [0.2, 0.25) is 5.91 Å². The minimum Gasteiger partial charge on any atom is -0.494 e. The summed E-state index contributed by atoms with van der Waals surface area (Å²) in [5, 5.41) is 12.2. The minimum atomic E-state index is -0.822. The highest BCUT2D eigenvalue weighted by molar-refractivity contribution is 7.15. The first-order valence-electron chi connectivity index (χ1n) is 26.8. The summed E-state index contributed by atoms with van der Waals surface area (Å²) in [6.45, 7) is 15.1. The molecular weight excluding hydrogens is 1080 g/mol. The Balaban J connectivity index is 0.671. The summed E-state index contributed by atoms with van der Waals surface area (Å²) in [6, 6.07) is 25.0. The van der Waals surface area contributed by atoms with Crippen molar-refractivity contribution in [1.29, 1.82) is 0 Å². The fourth-order valence-electron chi connectivity index (χ4n) is 10.4. The van der Waals surface area contributed by atoms with E-state index in [0.29, 0.717) is 62.1 Å². The van der Waals surface area contributed by atoms with Gasteiger partial charge < -0.3 is 25.2 Å². The molecule has 0 radical (unpaired) electrons. The predicted octanol–water partition coefficient (Wildman–Crippen LogP) is 12.5. The number of rotatable bonds is 20. The van der Waals surface area contributed by atoms with Crippen molar-refractivity contribution in [1.82, 2.24) is 29.5 Å². The number of piperazine rings is 1. The first kappa shape index (κ1) is 57.2. The molecule has 2 atom stereocenters. The van der Waals surface area contributed by atoms with Gasteiger partial charge in [0.05, 0.1) is 28.4 Å². The number of nitrogens with zero attached hydrogens (tertiary/aromatic N) is 7. The Morgan fingerprint density at radius 2 is 1.40 bits per heavy atom. The van der Waals surface area contributed by atoms with E-state index in [-0.39, 0.29) is 37.0 Å². The lowest BCUT2D eigenvalue weighted by molar-refractivity contribution is -0.132. The van der Waals surface area contributed by atoms with Crippen LogP contribution in [-0.4, -0.2) is 118 Å². The lowest BCUT2D eigenvalue weighted by atomic mass is 9.93. The lowest BCUT2D eigenvalue weighted by Gasteiger charge is -2.34. The zero-order valence-electron chi connectivity index (χ0n) is 44.7. The van der Waals surface area contributed by atoms with Crippen molar-refractivity contribution in [3.63, 3.8) is 0 Å². The number of halogens is 4. The lowest BCUT2D eigenvalue weighted by Crippen LogP contribution is -2.49. The van der Waals surface area contributed by atoms with E-state index in [2.05, 4.69) is 38.4 Å². The monoisotopic (exact) mass is 1150 g/mol. The van der Waals surface area contributed by atoms with E-state index in [1.54, 1.807) is 46.6 Å². The molecule has 3 aliphatic heterocycles. The van der Waals surface area contributed by atoms with Gasteiger partial charge in [0.15, 0.2) is 11.6 Å². The van der Waals surface area contributed by atoms with Crippen LogP contribution in [0.4, 0.5) is 0 Å². The van der Waals surface area contributed by atoms with Gasteiger partial charge in [-0.15, -0.1) is 21.5 Å². The molecule has 5 heterocycles. The van der Waals surface area contributed by atoms with E-state index in [1.165, 1.54) is 10.4 Å². The number of hydrogen-bond acceptors (Lipinski definition) is 11. The Morgan fingerprint density at radius 1 is 0.756 bits per heavy atom. The summed E-state index contributed by atoms with van der Waals surface area (Å²) in [7, 11) is 0. The predicted molar refractivity (Wildman–Crippen MR) is 317 cm³/mol. The number of carbonyl (C=O) groups is 3. The molecule has 408 valence electrons. The third-order valence-corrected chi connectivity index (χ3v) is 17.5. The Labute approximate surface area is 481 Å². The molecule has 3 aliphatic rings. The van der Waals surface area contributed by atoms with Crippen LogP contribution in [0.1, 0.15) is 106 Å². The number of hydrogen-bond donors (Lipinski definition) is 1. The van der Waals surface area contributed by atoms with Gasteiger partial charge in [0.1, 0.15) is 28.4 Å². The van der Waals surface area contributed by atoms with Gasteiger partial charge in [-0.05, 0) is 149 Å². The number of nitrogens with two attached hydrogens (primary N) is 1. The van der Waals surface area contributed by atoms with E-state index in [9.17, 15) is 14.4 Å². The zero-order valence-corrected chi connectivity index (χ0v) is 48.5. The molecule has 0 bridgehead atoms. The zero-order chi connectivity index (χ0) is 55.0. The molecule has 12 nitrogen and oxygen atoms in total. The molecule has 4 aromatic carbocycles. The highest BCUT2D eigenvalue weighted by Gasteiger charge is 2.34. The fraction of sp³-hybridized carbons (Fsp3) is 0.377. The van der Waals surface area contributed by atoms with Crippen LogP contribution < -0.4 is 10.5 Å². The average molecular weight is 1150 g/mol. The van der Waals surface area contributed by atoms with Gasteiger partial charge in [-0.2, -0.15) is 0 Å². The standard InChI is InChI=1S/C61H66Cl4N8O4S/c1-38-30-43(13-21-51(38)63)31-46-36-72(37-47(58(46)75)32-44-14-22-52(64)53(65)33-44)60(76)54(66)34-42-11-19-50(20-12-42)77-29-8-6-5-7-23-70-25-27-71(28-26-70)24-9-10-49(74)35-55-59-69-68-41(4)73(59)61-56(39(2)40(3)78-61)57(67-55)45-15-17-48(62)18-16-45/h11-22,30-33,54-55H,5-10,23-29,34-37,66H2,1-4H3/b46-31+,47-32+/t54-,55-/m0/s1. The second-order valence-electron chi connectivity index (χ2n) is 20.7. The van der Waals surface area contributed by atoms with Gasteiger partial charge in [-0.1, -0.05) is 102 Å². The van der Waals surface area contributed by atoms with Crippen LogP contribution in [0, 0.1) is 27.7 Å². The van der Waals surface area contributed by atoms with Crippen molar-refractivity contribution in [2.24, 2.45) is 10.7 Å². The normalized spacial score (nSPS) is 17.5. The number of Topliss-reactive ketones (excluding diaryl/α,β-unsaturated/α-hetero) is 2. The number of ether oxygens (including phenoxy) is 1. The number of piperidine rings is 1. The number of aromatic nitrogens is 3. The third kappa shape index (κ3) is 14.1. The average Bonchev–Trinajstić information content (AvgIpc) is 4.17. The van der Waals surface area contributed by atoms with Crippen molar-refractivity contribution >= 4 is 93.1 Å². The number of thiophene rings is 1. The number of carbonyl (C=O) groups excluding carboxylic acids is 3. The Bertz CT molecular complexity index is 3180. The highest BCUT2D eigenvalue weighted by Crippen LogP contribution is 2.40. The molecule has 9 rings (SSSR count). The summed E-state index contributed by atoms with van der Waals surface area (Å²) in [4.78, 5) is 54.6. The van der Waals surface area contributed by atoms with Gasteiger partial charge in [-0.3, -0.25) is 23.9 Å². The Morgan fingerprint density at radius 3 is 2.06 bits per heavy atom. The molecular formula is C61H66Cl4N8O4S. The summed E-state index contributed by atoms with van der Waals surface area (Å²) in [5.41, 5.74) is 14.9. The van der Waals surface area contributed by atoms with E-state index >= 15 is 0 Å². The van der Waals surface area contributed by atoms with Crippen LogP contribution in [0.25, 0.3) is 17.2 Å². The quantitative estimate of drug-likeness (QED) is 0.0584. The SMILES string of the molecule is Cc1cc(/C=C2\CN(C(=O)[C@@H](N)Cc3ccc(OCCCCCCN4CCN(CCCC(=O)C[C@@H]5N=C(c6ccc(Cl)cc6)c6c(sc(C)c6C)-n6c(C)nnc65)CC4)cc3)C/C(=C\c3ccc(Cl)c(Cl)c3)C2=O)ccc1Cl. The summed E-state index contributed by atoms with van der Waals surface area (Å²) in [6.07, 6.45) is 9.83. The maximum atomic E-state index is 14.0. The molecule has 1 amide bonds. The number of likely N-dealkylation sites (tertiary alicyclic amines) is 1. The molecule has 17 heteroatoms. The number of amides is 1. The molecule has 2 N–H and O–H groups in total. The smallest absolute Gasteiger partial charge is 0.240 e. The van der Waals surface area contributed by atoms with Crippen LogP contribution in [0.5, 0.6) is 5.75 Å². The molecule has 0 spiro atoms. The summed E-state index contributed by atoms with van der Waals surface area (Å²) >= 11 is 26.7. The Hall–Kier alpha value is -5.48. The molecule has 0 unspecified atom stereocenters. The van der Waals surface area contributed by atoms with Gasteiger partial charge in [0.25, 0.3) is 0 Å². The molecule has 0 saturated carbocycles. The van der Waals surface area contributed by atoms with Crippen LogP contribution in [-0.2, 0) is 20.8 Å². The number of benzene rings is 4. The molecule has 78 heavy (non-hydrogen) atoms. The number of aryl methyl sites for hydroxylation is 3. The maximum Gasteiger partial charge on any atom is 0.240 e. The van der Waals surface area contributed by atoms with E-state index < -0.39 is 12.1 Å². The van der Waals surface area contributed by atoms with Gasteiger partial charge >= 0.3 is 0 Å². The first-order valence-corrected chi connectivity index (χ1v) is 29.2. The number of aliphatic imine (C=N–C) groups is 1. The highest BCUT2D eigenvalue weighted by atomic mass is 35.5. The first-order chi connectivity index (χ1) is 37.6. The minimum absolute atomic E-state index is 0.108. The van der Waals surface area contributed by atoms with Crippen molar-refractivity contribution in [3.05, 3.63) is 172 Å². The number of fused-ring (bicyclic) bond motifs is 3. The second kappa shape index (κ2) is 26.2. The van der Waals surface area contributed by atoms with Crippen molar-refractivity contribution in [2.45, 2.75) is 91.1 Å². The van der Waals surface area contributed by atoms with Crippen LogP contribution in [0.15, 0.2) is 101 Å². The van der Waals surface area contributed by atoms with E-state index in [0.717, 1.165) is 121 Å². The van der Waals surface area contributed by atoms with Crippen molar-refractivity contribution < 1.29 is 19.1 Å². The van der Waals surface area contributed by atoms with E-state index in [4.69, 9.17) is 61.9 Å². The summed E-state index contributed by atoms with van der Waals surface area (Å²) < 4.78 is 8.20. The van der Waals surface area contributed by atoms with Crippen LogP contribution in [0.3, 0.4) is 0 Å². The maximum absolute atomic E-state index is 14.0. The van der Waals surface area contributed by atoms with Crippen molar-refractivity contribution in [2.75, 3.05) is 59.0 Å². The molecule has 2 saturated heterocycles. The second-order valence-corrected chi connectivity index (χ2v) is 23.6. The van der Waals surface area contributed by atoms with Crippen molar-refractivity contribution in [3.8, 4) is 10.8 Å². The topological polar surface area (TPSA) is 139 Å². The molecule has 2 fully saturated rings. The largest absolute Gasteiger partial charge is 0.494 e. The van der Waals surface area contributed by atoms with Gasteiger partial charge in [-0.25, -0.2) is 0 Å². The summed E-state index contributed by atoms with van der Waals surface area (Å²) in [5.74, 6) is 2.07. The van der Waals surface area contributed by atoms with Gasteiger partial charge in [0, 0.05) is 89.3 Å². The van der Waals surface area contributed by atoms with E-state index in [1.807, 2.05) is 80.6 Å². The third-order valence-electron chi connectivity index (χ3n) is 14.9. The molecule has 0 aliphatic carbocycles. The fourth-order valence-corrected chi connectivity index (χ4v) is 12.2. The molecule has 6 aromatic rings. The number of ketones is 2. The van der Waals surface area contributed by atoms with Crippen LogP contribution in [0.2, 0.25) is 20.1 Å². The molecule has 2 aromatic heterocycles.